The third kappa shape index (κ3) is 4.43. The molecule has 2 aromatic carbocycles. The molecule has 1 N–H and O–H groups in total. The van der Waals surface area contributed by atoms with E-state index >= 15 is 0 Å². The van der Waals surface area contributed by atoms with Gasteiger partial charge in [0.2, 0.25) is 5.91 Å². The number of hydrogen-bond acceptors (Lipinski definition) is 3. The van der Waals surface area contributed by atoms with Crippen LogP contribution in [0.1, 0.15) is 6.42 Å². The number of nitrogens with one attached hydrogen (secondary N) is 1. The first-order valence-electron chi connectivity index (χ1n) is 9.65. The van der Waals surface area contributed by atoms with Crippen LogP contribution in [0.25, 0.3) is 22.2 Å². The standard InChI is InChI=1S/C23H22N4O2/c28-22(24-14-6-15-26-16-13-19-9-4-5-10-21(19)26)17-27-23(29)12-11-20(25-27)18-7-2-1-3-8-18/h1-5,7-13,16H,6,14-15,17H2,(H,24,28). The van der Waals surface area contributed by atoms with Gasteiger partial charge in [-0.15, -0.1) is 0 Å². The Bertz CT molecular complexity index is 1180. The normalized spacial score (nSPS) is 10.9. The number of amides is 1. The van der Waals surface area contributed by atoms with E-state index < -0.39 is 0 Å². The van der Waals surface area contributed by atoms with Crippen molar-refractivity contribution in [3.8, 4) is 11.3 Å². The second-order valence-electron chi connectivity index (χ2n) is 6.85. The summed E-state index contributed by atoms with van der Waals surface area (Å²) in [6.45, 7) is 1.26. The third-order valence-corrected chi connectivity index (χ3v) is 4.81. The summed E-state index contributed by atoms with van der Waals surface area (Å²) >= 11 is 0. The number of carbonyl (C=O) groups excluding carboxylic acids is 1. The minimum absolute atomic E-state index is 0.0913. The van der Waals surface area contributed by atoms with Crippen molar-refractivity contribution in [1.82, 2.24) is 19.7 Å². The Morgan fingerprint density at radius 2 is 1.72 bits per heavy atom. The van der Waals surface area contributed by atoms with Crippen molar-refractivity contribution in [2.45, 2.75) is 19.5 Å². The van der Waals surface area contributed by atoms with Crippen molar-refractivity contribution in [3.63, 3.8) is 0 Å². The van der Waals surface area contributed by atoms with Crippen LogP contribution in [0.2, 0.25) is 0 Å². The van der Waals surface area contributed by atoms with Gasteiger partial charge >= 0.3 is 0 Å². The van der Waals surface area contributed by atoms with Crippen LogP contribution >= 0.6 is 0 Å². The molecule has 0 saturated heterocycles. The molecular formula is C23H22N4O2. The second kappa shape index (κ2) is 8.56. The maximum atomic E-state index is 12.3. The molecule has 2 heterocycles. The summed E-state index contributed by atoms with van der Waals surface area (Å²) in [6.07, 6.45) is 2.86. The molecule has 0 unspecified atom stereocenters. The van der Waals surface area contributed by atoms with Gasteiger partial charge in [0.15, 0.2) is 0 Å². The maximum Gasteiger partial charge on any atom is 0.267 e. The Morgan fingerprint density at radius 3 is 2.59 bits per heavy atom. The Hall–Kier alpha value is -3.67. The van der Waals surface area contributed by atoms with Crippen molar-refractivity contribution >= 4 is 16.8 Å². The molecule has 0 radical (unpaired) electrons. The monoisotopic (exact) mass is 386 g/mol. The van der Waals surface area contributed by atoms with Gasteiger partial charge in [-0.2, -0.15) is 5.10 Å². The van der Waals surface area contributed by atoms with E-state index in [9.17, 15) is 9.59 Å². The molecular weight excluding hydrogens is 364 g/mol. The number of carbonyl (C=O) groups is 1. The molecule has 0 fully saturated rings. The number of aromatic nitrogens is 3. The van der Waals surface area contributed by atoms with Crippen LogP contribution in [0, 0.1) is 0 Å². The van der Waals surface area contributed by atoms with E-state index in [0.29, 0.717) is 12.2 Å². The summed E-state index contributed by atoms with van der Waals surface area (Å²) < 4.78 is 3.38. The van der Waals surface area contributed by atoms with Gasteiger partial charge < -0.3 is 9.88 Å². The average molecular weight is 386 g/mol. The molecule has 29 heavy (non-hydrogen) atoms. The van der Waals surface area contributed by atoms with Crippen molar-refractivity contribution in [2.75, 3.05) is 6.54 Å². The smallest absolute Gasteiger partial charge is 0.267 e. The lowest BCUT2D eigenvalue weighted by molar-refractivity contribution is -0.121. The van der Waals surface area contributed by atoms with Gasteiger partial charge in [-0.1, -0.05) is 48.5 Å². The topological polar surface area (TPSA) is 68.9 Å². The van der Waals surface area contributed by atoms with Crippen LogP contribution in [-0.2, 0) is 17.9 Å². The Morgan fingerprint density at radius 1 is 0.931 bits per heavy atom. The van der Waals surface area contributed by atoms with Crippen molar-refractivity contribution in [2.24, 2.45) is 0 Å². The zero-order valence-corrected chi connectivity index (χ0v) is 16.0. The predicted octanol–water partition coefficient (Wildman–Crippen LogP) is 3.07. The first kappa shape index (κ1) is 18.7. The minimum atomic E-state index is -0.293. The van der Waals surface area contributed by atoms with Gasteiger partial charge in [-0.25, -0.2) is 4.68 Å². The lowest BCUT2D eigenvalue weighted by Crippen LogP contribution is -2.34. The zero-order chi connectivity index (χ0) is 20.1. The number of hydrogen-bond donors (Lipinski definition) is 1. The van der Waals surface area contributed by atoms with E-state index in [1.807, 2.05) is 42.5 Å². The molecule has 6 nitrogen and oxygen atoms in total. The van der Waals surface area contributed by atoms with Crippen LogP contribution in [-0.4, -0.2) is 26.8 Å². The van der Waals surface area contributed by atoms with Crippen LogP contribution in [0.15, 0.2) is 83.8 Å². The molecule has 0 saturated carbocycles. The van der Waals surface area contributed by atoms with Gasteiger partial charge in [-0.3, -0.25) is 9.59 Å². The molecule has 1 amide bonds. The average Bonchev–Trinajstić information content (AvgIpc) is 3.17. The molecule has 0 aliphatic heterocycles. The zero-order valence-electron chi connectivity index (χ0n) is 16.0. The van der Waals surface area contributed by atoms with Crippen LogP contribution in [0.4, 0.5) is 0 Å². The highest BCUT2D eigenvalue weighted by Gasteiger charge is 2.08. The molecule has 0 atom stereocenters. The molecule has 146 valence electrons. The summed E-state index contributed by atoms with van der Waals surface area (Å²) in [7, 11) is 0. The van der Waals surface area contributed by atoms with Gasteiger partial charge in [0.25, 0.3) is 5.56 Å². The molecule has 0 aliphatic carbocycles. The summed E-state index contributed by atoms with van der Waals surface area (Å²) in [5, 5.41) is 8.41. The Balaban J connectivity index is 1.32. The second-order valence-corrected chi connectivity index (χ2v) is 6.85. The summed E-state index contributed by atoms with van der Waals surface area (Å²) in [5.41, 5.74) is 2.46. The fraction of sp³-hybridized carbons (Fsp3) is 0.174. The molecule has 4 rings (SSSR count). The number of rotatable bonds is 7. The lowest BCUT2D eigenvalue weighted by atomic mass is 10.1. The highest BCUT2D eigenvalue weighted by Crippen LogP contribution is 2.15. The number of fused-ring (bicyclic) bond motifs is 1. The molecule has 0 bridgehead atoms. The fourth-order valence-electron chi connectivity index (χ4n) is 3.33. The molecule has 0 aliphatic rings. The Kier molecular flexibility index (Phi) is 5.52. The SMILES string of the molecule is O=C(Cn1nc(-c2ccccc2)ccc1=O)NCCCn1ccc2ccccc21. The number of nitrogens with zero attached hydrogens (tertiary/aromatic N) is 3. The van der Waals surface area contributed by atoms with Crippen LogP contribution in [0.3, 0.4) is 0 Å². The molecule has 4 aromatic rings. The maximum absolute atomic E-state index is 12.3. The molecule has 6 heteroatoms. The van der Waals surface area contributed by atoms with E-state index in [1.54, 1.807) is 6.07 Å². The van der Waals surface area contributed by atoms with E-state index in [0.717, 1.165) is 18.5 Å². The van der Waals surface area contributed by atoms with Gasteiger partial charge in [0.1, 0.15) is 6.54 Å². The predicted molar refractivity (Wildman–Crippen MR) is 113 cm³/mol. The summed E-state index contributed by atoms with van der Waals surface area (Å²) in [4.78, 5) is 24.3. The number of para-hydroxylation sites is 1. The fourth-order valence-corrected chi connectivity index (χ4v) is 3.33. The highest BCUT2D eigenvalue weighted by molar-refractivity contribution is 5.79. The molecule has 2 aromatic heterocycles. The van der Waals surface area contributed by atoms with Crippen LogP contribution in [0.5, 0.6) is 0 Å². The number of benzene rings is 2. The molecule has 0 spiro atoms. The summed E-state index contributed by atoms with van der Waals surface area (Å²) in [6, 6.07) is 23.0. The van der Waals surface area contributed by atoms with Gasteiger partial charge in [0, 0.05) is 36.4 Å². The van der Waals surface area contributed by atoms with Crippen molar-refractivity contribution in [3.05, 3.63) is 89.3 Å². The van der Waals surface area contributed by atoms with E-state index in [2.05, 4.69) is 39.4 Å². The quantitative estimate of drug-likeness (QED) is 0.496. The van der Waals surface area contributed by atoms with Crippen molar-refractivity contribution < 1.29 is 4.79 Å². The highest BCUT2D eigenvalue weighted by atomic mass is 16.2. The Labute approximate surface area is 168 Å². The van der Waals surface area contributed by atoms with E-state index in [1.165, 1.54) is 21.7 Å². The number of aryl methyl sites for hydroxylation is 1. The summed E-state index contributed by atoms with van der Waals surface area (Å²) in [5.74, 6) is -0.220. The first-order valence-corrected chi connectivity index (χ1v) is 9.65. The largest absolute Gasteiger partial charge is 0.354 e. The van der Waals surface area contributed by atoms with E-state index in [-0.39, 0.29) is 18.0 Å². The lowest BCUT2D eigenvalue weighted by Gasteiger charge is -2.09. The van der Waals surface area contributed by atoms with E-state index in [4.69, 9.17) is 0 Å². The third-order valence-electron chi connectivity index (χ3n) is 4.81. The van der Waals surface area contributed by atoms with Crippen LogP contribution < -0.4 is 10.9 Å². The van der Waals surface area contributed by atoms with Gasteiger partial charge in [-0.05, 0) is 30.0 Å². The minimum Gasteiger partial charge on any atom is -0.354 e. The first-order chi connectivity index (χ1) is 14.2. The van der Waals surface area contributed by atoms with Gasteiger partial charge in [0.05, 0.1) is 5.69 Å². The van der Waals surface area contributed by atoms with Crippen molar-refractivity contribution in [1.29, 1.82) is 0 Å².